The van der Waals surface area contributed by atoms with E-state index in [1.807, 2.05) is 36.4 Å². The van der Waals surface area contributed by atoms with Gasteiger partial charge in [0.25, 0.3) is 0 Å². The Morgan fingerprint density at radius 2 is 1.89 bits per heavy atom. The number of pyridine rings is 1. The first-order valence-electron chi connectivity index (χ1n) is 5.92. The molecule has 0 aliphatic rings. The van der Waals surface area contributed by atoms with Gasteiger partial charge in [-0.05, 0) is 31.0 Å². The number of carboxylic acid groups (broad SMARTS) is 1. The molecule has 0 fully saturated rings. The van der Waals surface area contributed by atoms with Crippen LogP contribution in [0.15, 0.2) is 53.7 Å². The van der Waals surface area contributed by atoms with Crippen LogP contribution in [0.3, 0.4) is 0 Å². The van der Waals surface area contributed by atoms with Crippen molar-refractivity contribution in [1.82, 2.24) is 4.98 Å². The molecule has 98 valence electrons. The van der Waals surface area contributed by atoms with E-state index in [0.29, 0.717) is 0 Å². The van der Waals surface area contributed by atoms with Gasteiger partial charge >= 0.3 is 5.97 Å². The summed E-state index contributed by atoms with van der Waals surface area (Å²) >= 11 is 1.31. The second kappa shape index (κ2) is 5.45. The van der Waals surface area contributed by atoms with Crippen LogP contribution in [0.2, 0.25) is 0 Å². The third-order valence-electron chi connectivity index (χ3n) is 2.75. The zero-order valence-electron chi connectivity index (χ0n) is 10.8. The van der Waals surface area contributed by atoms with E-state index in [1.165, 1.54) is 11.8 Å². The van der Waals surface area contributed by atoms with Crippen molar-refractivity contribution in [3.8, 4) is 11.1 Å². The fraction of sp³-hybridized carbons (Fsp3) is 0.200. The van der Waals surface area contributed by atoms with Crippen molar-refractivity contribution in [3.63, 3.8) is 0 Å². The predicted molar refractivity (Wildman–Crippen MR) is 77.2 cm³/mol. The fourth-order valence-electron chi connectivity index (χ4n) is 1.64. The van der Waals surface area contributed by atoms with Crippen LogP contribution in [0.4, 0.5) is 0 Å². The van der Waals surface area contributed by atoms with Crippen LogP contribution in [0.25, 0.3) is 11.1 Å². The summed E-state index contributed by atoms with van der Waals surface area (Å²) in [4.78, 5) is 16.2. The second-order valence-corrected chi connectivity index (χ2v) is 6.32. The normalized spacial score (nSPS) is 11.3. The number of rotatable bonds is 4. The van der Waals surface area contributed by atoms with Crippen molar-refractivity contribution in [2.24, 2.45) is 0 Å². The minimum absolute atomic E-state index is 0.833. The first kappa shape index (κ1) is 13.6. The molecule has 0 atom stereocenters. The highest BCUT2D eigenvalue weighted by Crippen LogP contribution is 2.38. The van der Waals surface area contributed by atoms with Crippen LogP contribution >= 0.6 is 11.8 Å². The summed E-state index contributed by atoms with van der Waals surface area (Å²) < 4.78 is -0.882. The molecule has 0 saturated heterocycles. The van der Waals surface area contributed by atoms with Crippen molar-refractivity contribution >= 4 is 17.7 Å². The molecule has 0 radical (unpaired) electrons. The van der Waals surface area contributed by atoms with Gasteiger partial charge in [-0.3, -0.25) is 9.78 Å². The quantitative estimate of drug-likeness (QED) is 0.863. The van der Waals surface area contributed by atoms with Crippen molar-refractivity contribution in [2.75, 3.05) is 0 Å². The standard InChI is InChI=1S/C15H15NO2S/c1-15(2,14(17)18)19-13-10-16-9-8-12(13)11-6-4-3-5-7-11/h3-10H,1-2H3,(H,17,18). The predicted octanol–water partition coefficient (Wildman–Crippen LogP) is 3.70. The number of thioether (sulfide) groups is 1. The molecule has 1 aromatic carbocycles. The average Bonchev–Trinajstić information content (AvgIpc) is 2.40. The van der Waals surface area contributed by atoms with Crippen molar-refractivity contribution in [3.05, 3.63) is 48.8 Å². The van der Waals surface area contributed by atoms with Crippen LogP contribution in [-0.4, -0.2) is 20.8 Å². The Morgan fingerprint density at radius 3 is 2.53 bits per heavy atom. The van der Waals surface area contributed by atoms with Crippen molar-refractivity contribution in [1.29, 1.82) is 0 Å². The highest BCUT2D eigenvalue weighted by atomic mass is 32.2. The fourth-order valence-corrected chi connectivity index (χ4v) is 2.68. The van der Waals surface area contributed by atoms with E-state index in [9.17, 15) is 9.90 Å². The maximum Gasteiger partial charge on any atom is 0.319 e. The number of hydrogen-bond donors (Lipinski definition) is 1. The summed E-state index contributed by atoms with van der Waals surface area (Å²) in [5.74, 6) is -0.833. The van der Waals surface area contributed by atoms with E-state index in [-0.39, 0.29) is 0 Å². The number of aliphatic carboxylic acids is 1. The number of benzene rings is 1. The number of carbonyl (C=O) groups is 1. The lowest BCUT2D eigenvalue weighted by Gasteiger charge is -2.20. The summed E-state index contributed by atoms with van der Waals surface area (Å²) in [7, 11) is 0. The third-order valence-corrected chi connectivity index (χ3v) is 3.98. The summed E-state index contributed by atoms with van der Waals surface area (Å²) in [6.07, 6.45) is 3.44. The van der Waals surface area contributed by atoms with Crippen LogP contribution in [0, 0.1) is 0 Å². The Labute approximate surface area is 116 Å². The minimum atomic E-state index is -0.882. The molecule has 0 amide bonds. The van der Waals surface area contributed by atoms with Gasteiger partial charge in [0.2, 0.25) is 0 Å². The number of nitrogens with zero attached hydrogens (tertiary/aromatic N) is 1. The lowest BCUT2D eigenvalue weighted by atomic mass is 10.1. The minimum Gasteiger partial charge on any atom is -0.480 e. The van der Waals surface area contributed by atoms with Gasteiger partial charge in [-0.25, -0.2) is 0 Å². The van der Waals surface area contributed by atoms with E-state index in [0.717, 1.165) is 16.0 Å². The van der Waals surface area contributed by atoms with E-state index >= 15 is 0 Å². The molecule has 19 heavy (non-hydrogen) atoms. The Bertz CT molecular complexity index is 582. The van der Waals surface area contributed by atoms with E-state index < -0.39 is 10.7 Å². The van der Waals surface area contributed by atoms with Gasteiger partial charge in [-0.2, -0.15) is 0 Å². The molecule has 0 unspecified atom stereocenters. The van der Waals surface area contributed by atoms with Crippen molar-refractivity contribution < 1.29 is 9.90 Å². The lowest BCUT2D eigenvalue weighted by Crippen LogP contribution is -2.27. The molecule has 0 saturated carbocycles. The average molecular weight is 273 g/mol. The van der Waals surface area contributed by atoms with Gasteiger partial charge < -0.3 is 5.11 Å². The zero-order chi connectivity index (χ0) is 13.9. The van der Waals surface area contributed by atoms with Crippen LogP contribution < -0.4 is 0 Å². The molecule has 0 aliphatic heterocycles. The lowest BCUT2D eigenvalue weighted by molar-refractivity contribution is -0.138. The molecule has 3 nitrogen and oxygen atoms in total. The molecular formula is C15H15NO2S. The summed E-state index contributed by atoms with van der Waals surface area (Å²) in [6.45, 7) is 3.39. The van der Waals surface area contributed by atoms with E-state index in [1.54, 1.807) is 26.2 Å². The maximum atomic E-state index is 11.2. The summed E-state index contributed by atoms with van der Waals surface area (Å²) in [5.41, 5.74) is 2.07. The molecule has 0 spiro atoms. The Hall–Kier alpha value is -1.81. The van der Waals surface area contributed by atoms with E-state index in [2.05, 4.69) is 4.98 Å². The molecule has 2 rings (SSSR count). The van der Waals surface area contributed by atoms with Gasteiger partial charge in [0, 0.05) is 17.3 Å². The van der Waals surface area contributed by atoms with Gasteiger partial charge in [-0.15, -0.1) is 11.8 Å². The molecule has 1 N–H and O–H groups in total. The second-order valence-electron chi connectivity index (χ2n) is 4.66. The van der Waals surface area contributed by atoms with Gasteiger partial charge in [0.05, 0.1) is 0 Å². The smallest absolute Gasteiger partial charge is 0.319 e. The summed E-state index contributed by atoms with van der Waals surface area (Å²) in [5, 5.41) is 9.22. The topological polar surface area (TPSA) is 50.2 Å². The molecule has 0 bridgehead atoms. The highest BCUT2D eigenvalue weighted by Gasteiger charge is 2.29. The van der Waals surface area contributed by atoms with Gasteiger partial charge in [0.15, 0.2) is 0 Å². The number of aromatic nitrogens is 1. The largest absolute Gasteiger partial charge is 0.480 e. The first-order valence-corrected chi connectivity index (χ1v) is 6.74. The number of hydrogen-bond acceptors (Lipinski definition) is 3. The molecular weight excluding hydrogens is 258 g/mol. The molecule has 2 aromatic rings. The molecule has 4 heteroatoms. The Balaban J connectivity index is 2.40. The van der Waals surface area contributed by atoms with Crippen LogP contribution in [0.1, 0.15) is 13.8 Å². The van der Waals surface area contributed by atoms with Crippen molar-refractivity contribution in [2.45, 2.75) is 23.5 Å². The van der Waals surface area contributed by atoms with Gasteiger partial charge in [-0.1, -0.05) is 30.3 Å². The SMILES string of the molecule is CC(C)(Sc1cnccc1-c1ccccc1)C(=O)O. The Morgan fingerprint density at radius 1 is 1.21 bits per heavy atom. The van der Waals surface area contributed by atoms with Crippen LogP contribution in [0.5, 0.6) is 0 Å². The first-order chi connectivity index (χ1) is 9.00. The van der Waals surface area contributed by atoms with Gasteiger partial charge in [0.1, 0.15) is 4.75 Å². The van der Waals surface area contributed by atoms with E-state index in [4.69, 9.17) is 0 Å². The Kier molecular flexibility index (Phi) is 3.90. The molecule has 1 heterocycles. The molecule has 1 aromatic heterocycles. The summed E-state index contributed by atoms with van der Waals surface area (Å²) in [6, 6.07) is 11.8. The third kappa shape index (κ3) is 3.15. The highest BCUT2D eigenvalue weighted by molar-refractivity contribution is 8.01. The zero-order valence-corrected chi connectivity index (χ0v) is 11.6. The monoisotopic (exact) mass is 273 g/mol. The maximum absolute atomic E-state index is 11.2. The number of carboxylic acids is 1. The molecule has 0 aliphatic carbocycles. The van der Waals surface area contributed by atoms with Crippen LogP contribution in [-0.2, 0) is 4.79 Å².